The summed E-state index contributed by atoms with van der Waals surface area (Å²) >= 11 is 0. The monoisotopic (exact) mass is 521 g/mol. The van der Waals surface area contributed by atoms with Crippen molar-refractivity contribution in [1.82, 2.24) is 14.1 Å². The first-order chi connectivity index (χ1) is 16.8. The number of nitrogens with zero attached hydrogens (tertiary/aromatic N) is 3. The maximum Gasteiger partial charge on any atom is 0.238 e. The van der Waals surface area contributed by atoms with Crippen molar-refractivity contribution in [3.05, 3.63) is 35.4 Å². The standard InChI is InChI=1S/C28H47N3O4S/c1-8-19-36(34,35)30(18-13-22(2)3)21-26(32)31(20-24-12-10-9-11-23(24)4)25-14-16-29(17-15-25)27(33)28(5,6)7/h9-12,22,25H,8,13-21H2,1-7H3. The molecule has 2 rings (SSSR count). The normalized spacial score (nSPS) is 15.5. The molecule has 1 aromatic rings. The molecule has 1 aromatic carbocycles. The molecule has 8 heteroatoms. The fourth-order valence-corrected chi connectivity index (χ4v) is 6.06. The highest BCUT2D eigenvalue weighted by molar-refractivity contribution is 7.89. The molecule has 0 aliphatic carbocycles. The van der Waals surface area contributed by atoms with Crippen molar-refractivity contribution in [3.63, 3.8) is 0 Å². The van der Waals surface area contributed by atoms with Gasteiger partial charge in [0.2, 0.25) is 21.8 Å². The Kier molecular flexibility index (Phi) is 11.0. The van der Waals surface area contributed by atoms with Crippen LogP contribution in [-0.4, -0.2) is 72.3 Å². The van der Waals surface area contributed by atoms with Gasteiger partial charge in [-0.05, 0) is 49.7 Å². The molecular formula is C28H47N3O4S. The summed E-state index contributed by atoms with van der Waals surface area (Å²) in [6, 6.07) is 7.96. The van der Waals surface area contributed by atoms with E-state index in [0.717, 1.165) is 11.1 Å². The molecule has 0 radical (unpaired) electrons. The zero-order valence-corrected chi connectivity index (χ0v) is 24.2. The number of piperidine rings is 1. The van der Waals surface area contributed by atoms with Crippen molar-refractivity contribution >= 4 is 21.8 Å². The molecule has 1 fully saturated rings. The number of amides is 2. The second-order valence-corrected chi connectivity index (χ2v) is 13.6. The van der Waals surface area contributed by atoms with Crippen LogP contribution in [-0.2, 0) is 26.2 Å². The zero-order valence-electron chi connectivity index (χ0n) is 23.4. The van der Waals surface area contributed by atoms with E-state index < -0.39 is 15.4 Å². The van der Waals surface area contributed by atoms with Gasteiger partial charge in [-0.25, -0.2) is 8.42 Å². The lowest BCUT2D eigenvalue weighted by molar-refractivity contribution is -0.142. The molecule has 0 atom stereocenters. The number of carbonyl (C=O) groups excluding carboxylic acids is 2. The van der Waals surface area contributed by atoms with Gasteiger partial charge in [0.15, 0.2) is 0 Å². The first kappa shape index (κ1) is 30.3. The minimum Gasteiger partial charge on any atom is -0.342 e. The second kappa shape index (κ2) is 13.0. The van der Waals surface area contributed by atoms with Gasteiger partial charge in [-0.2, -0.15) is 4.31 Å². The van der Waals surface area contributed by atoms with Gasteiger partial charge in [-0.1, -0.05) is 65.8 Å². The summed E-state index contributed by atoms with van der Waals surface area (Å²) in [5.74, 6) is 0.349. The third kappa shape index (κ3) is 8.58. The number of likely N-dealkylation sites (tertiary alicyclic amines) is 1. The Hall–Kier alpha value is -1.93. The van der Waals surface area contributed by atoms with Gasteiger partial charge in [0.25, 0.3) is 0 Å². The molecule has 36 heavy (non-hydrogen) atoms. The fourth-order valence-electron chi connectivity index (χ4n) is 4.59. The Bertz CT molecular complexity index is 977. The molecule has 7 nitrogen and oxygen atoms in total. The van der Waals surface area contributed by atoms with Crippen LogP contribution in [0.2, 0.25) is 0 Å². The molecule has 0 saturated carbocycles. The predicted octanol–water partition coefficient (Wildman–Crippen LogP) is 4.45. The summed E-state index contributed by atoms with van der Waals surface area (Å²) in [4.78, 5) is 30.3. The molecular weight excluding hydrogens is 474 g/mol. The van der Waals surface area contributed by atoms with Crippen LogP contribution in [0.3, 0.4) is 0 Å². The number of carbonyl (C=O) groups is 2. The number of rotatable bonds is 11. The van der Waals surface area contributed by atoms with Crippen LogP contribution < -0.4 is 0 Å². The van der Waals surface area contributed by atoms with E-state index in [1.165, 1.54) is 4.31 Å². The Balaban J connectivity index is 2.27. The van der Waals surface area contributed by atoms with Gasteiger partial charge in [0.1, 0.15) is 0 Å². The maximum absolute atomic E-state index is 13.8. The molecule has 0 aromatic heterocycles. The molecule has 1 saturated heterocycles. The largest absolute Gasteiger partial charge is 0.342 e. The maximum atomic E-state index is 13.8. The van der Waals surface area contributed by atoms with Crippen LogP contribution in [0.5, 0.6) is 0 Å². The first-order valence-corrected chi connectivity index (χ1v) is 15.0. The highest BCUT2D eigenvalue weighted by Gasteiger charge is 2.35. The lowest BCUT2D eigenvalue weighted by Crippen LogP contribution is -2.52. The molecule has 0 unspecified atom stereocenters. The molecule has 2 amide bonds. The summed E-state index contributed by atoms with van der Waals surface area (Å²) in [5, 5.41) is 0. The molecule has 1 heterocycles. The van der Waals surface area contributed by atoms with Crippen LogP contribution >= 0.6 is 0 Å². The van der Waals surface area contributed by atoms with Gasteiger partial charge < -0.3 is 9.80 Å². The lowest BCUT2D eigenvalue weighted by atomic mass is 9.92. The molecule has 0 N–H and O–H groups in total. The van der Waals surface area contributed by atoms with Crippen molar-refractivity contribution in [2.24, 2.45) is 11.3 Å². The first-order valence-electron chi connectivity index (χ1n) is 13.4. The second-order valence-electron chi connectivity index (χ2n) is 11.6. The number of aryl methyl sites for hydroxylation is 1. The van der Waals surface area contributed by atoms with Gasteiger partial charge in [0.05, 0.1) is 12.3 Å². The Labute approximate surface area is 219 Å². The van der Waals surface area contributed by atoms with Crippen LogP contribution in [0.1, 0.15) is 78.4 Å². The van der Waals surface area contributed by atoms with Crippen LogP contribution in [0.15, 0.2) is 24.3 Å². The fraction of sp³-hybridized carbons (Fsp3) is 0.714. The molecule has 1 aliphatic heterocycles. The highest BCUT2D eigenvalue weighted by Crippen LogP contribution is 2.25. The highest BCUT2D eigenvalue weighted by atomic mass is 32.2. The van der Waals surface area contributed by atoms with Crippen molar-refractivity contribution in [2.45, 2.75) is 86.7 Å². The van der Waals surface area contributed by atoms with Crippen molar-refractivity contribution in [1.29, 1.82) is 0 Å². The average molecular weight is 522 g/mol. The van der Waals surface area contributed by atoms with Crippen LogP contribution in [0, 0.1) is 18.3 Å². The lowest BCUT2D eigenvalue weighted by Gasteiger charge is -2.41. The summed E-state index contributed by atoms with van der Waals surface area (Å²) in [6.07, 6.45) is 2.60. The van der Waals surface area contributed by atoms with Gasteiger partial charge in [0, 0.05) is 37.6 Å². The summed E-state index contributed by atoms with van der Waals surface area (Å²) in [7, 11) is -3.51. The number of sulfonamides is 1. The molecule has 1 aliphatic rings. The summed E-state index contributed by atoms with van der Waals surface area (Å²) in [6.45, 7) is 15.6. The molecule has 0 bridgehead atoms. The Morgan fingerprint density at radius 2 is 1.72 bits per heavy atom. The van der Waals surface area contributed by atoms with E-state index in [2.05, 4.69) is 13.8 Å². The van der Waals surface area contributed by atoms with Crippen molar-refractivity contribution in [2.75, 3.05) is 31.9 Å². The van der Waals surface area contributed by atoms with E-state index >= 15 is 0 Å². The van der Waals surface area contributed by atoms with E-state index in [9.17, 15) is 18.0 Å². The van der Waals surface area contributed by atoms with E-state index in [1.54, 1.807) is 0 Å². The van der Waals surface area contributed by atoms with Crippen LogP contribution in [0.4, 0.5) is 0 Å². The Morgan fingerprint density at radius 3 is 2.25 bits per heavy atom. The van der Waals surface area contributed by atoms with Crippen LogP contribution in [0.25, 0.3) is 0 Å². The topological polar surface area (TPSA) is 78.0 Å². The smallest absolute Gasteiger partial charge is 0.238 e. The zero-order chi connectivity index (χ0) is 27.1. The van der Waals surface area contributed by atoms with Gasteiger partial charge in [-0.3, -0.25) is 9.59 Å². The molecule has 0 spiro atoms. The third-order valence-electron chi connectivity index (χ3n) is 6.88. The van der Waals surface area contributed by atoms with E-state index in [4.69, 9.17) is 0 Å². The predicted molar refractivity (Wildman–Crippen MR) is 146 cm³/mol. The Morgan fingerprint density at radius 1 is 1.11 bits per heavy atom. The van der Waals surface area contributed by atoms with Crippen molar-refractivity contribution < 1.29 is 18.0 Å². The SMILES string of the molecule is CCCS(=O)(=O)N(CCC(C)C)CC(=O)N(Cc1ccccc1C)C1CCN(C(=O)C(C)(C)C)CC1. The minimum absolute atomic E-state index is 0.0399. The number of hydrogen-bond donors (Lipinski definition) is 0. The van der Waals surface area contributed by atoms with E-state index in [-0.39, 0.29) is 30.2 Å². The minimum atomic E-state index is -3.51. The number of hydrogen-bond acceptors (Lipinski definition) is 4. The van der Waals surface area contributed by atoms with Gasteiger partial charge >= 0.3 is 0 Å². The van der Waals surface area contributed by atoms with Gasteiger partial charge in [-0.15, -0.1) is 0 Å². The summed E-state index contributed by atoms with van der Waals surface area (Å²) < 4.78 is 27.4. The average Bonchev–Trinajstić information content (AvgIpc) is 2.80. The molecule has 204 valence electrons. The third-order valence-corrected chi connectivity index (χ3v) is 8.90. The van der Waals surface area contributed by atoms with E-state index in [0.29, 0.717) is 57.8 Å². The summed E-state index contributed by atoms with van der Waals surface area (Å²) in [5.41, 5.74) is 1.73. The van der Waals surface area contributed by atoms with Crippen molar-refractivity contribution in [3.8, 4) is 0 Å². The number of benzene rings is 1. The van der Waals surface area contributed by atoms with E-state index in [1.807, 2.05) is 68.7 Å². The quantitative estimate of drug-likeness (QED) is 0.431.